The van der Waals surface area contributed by atoms with Gasteiger partial charge in [0.15, 0.2) is 17.6 Å². The Hall–Kier alpha value is -3.89. The normalized spacial score (nSPS) is 28.6. The number of ether oxygens (including phenoxy) is 3. The van der Waals surface area contributed by atoms with Gasteiger partial charge in [-0.1, -0.05) is 50.7 Å². The van der Waals surface area contributed by atoms with Crippen molar-refractivity contribution in [3.05, 3.63) is 71.0 Å². The van der Waals surface area contributed by atoms with Crippen LogP contribution in [0.3, 0.4) is 0 Å². The largest absolute Gasteiger partial charge is 0.504 e. The third kappa shape index (κ3) is 4.19. The first-order valence-electron chi connectivity index (χ1n) is 13.4. The van der Waals surface area contributed by atoms with Crippen LogP contribution in [0.15, 0.2) is 54.3 Å². The van der Waals surface area contributed by atoms with Gasteiger partial charge in [-0.05, 0) is 44.1 Å². The Balaban J connectivity index is 0.00000337. The average molecular weight is 566 g/mol. The smallest absolute Gasteiger partial charge is 0.349 e. The number of nitrogens with zero attached hydrogens (tertiary/aromatic N) is 1. The van der Waals surface area contributed by atoms with Crippen molar-refractivity contribution in [2.45, 2.75) is 69.3 Å². The second kappa shape index (κ2) is 10.2. The number of carbonyl (C=O) groups excluding carboxylic acids is 2. The van der Waals surface area contributed by atoms with Gasteiger partial charge in [0.1, 0.15) is 5.76 Å². The number of phenols is 1. The fourth-order valence-electron chi connectivity index (χ4n) is 7.06. The van der Waals surface area contributed by atoms with Gasteiger partial charge in [-0.25, -0.2) is 4.79 Å². The molecule has 0 amide bonds. The fraction of sp³-hybridized carbons (Fsp3) is 0.452. The van der Waals surface area contributed by atoms with Crippen LogP contribution in [-0.2, 0) is 35.7 Å². The highest BCUT2D eigenvalue weighted by Crippen LogP contribution is 2.65. The van der Waals surface area contributed by atoms with Gasteiger partial charge in [0, 0.05) is 23.6 Å². The van der Waals surface area contributed by atoms with E-state index < -0.39 is 47.0 Å². The molecule has 4 aliphatic rings. The molecule has 1 spiro atoms. The van der Waals surface area contributed by atoms with Gasteiger partial charge in [-0.15, -0.1) is 0 Å². The Morgan fingerprint density at radius 3 is 2.61 bits per heavy atom. The van der Waals surface area contributed by atoms with Crippen LogP contribution in [0.1, 0.15) is 56.4 Å². The van der Waals surface area contributed by atoms with Crippen LogP contribution in [0.4, 0.5) is 0 Å². The molecule has 2 bridgehead atoms. The summed E-state index contributed by atoms with van der Waals surface area (Å²) >= 11 is 0. The number of benzene rings is 2. The Morgan fingerprint density at radius 2 is 1.90 bits per heavy atom. The molecule has 2 heterocycles. The molecule has 10 heteroatoms. The summed E-state index contributed by atoms with van der Waals surface area (Å²) in [7, 11) is 1.99. The summed E-state index contributed by atoms with van der Waals surface area (Å²) in [6.45, 7) is 2.19. The third-order valence-corrected chi connectivity index (χ3v) is 9.02. The first-order valence-corrected chi connectivity index (χ1v) is 13.4. The average Bonchev–Trinajstić information content (AvgIpc) is 3.29. The van der Waals surface area contributed by atoms with Gasteiger partial charge in [0.25, 0.3) is 0 Å². The van der Waals surface area contributed by atoms with Crippen LogP contribution in [0.5, 0.6) is 11.5 Å². The number of piperidine rings is 1. The maximum Gasteiger partial charge on any atom is 0.349 e. The second-order valence-electron chi connectivity index (χ2n) is 11.2. The van der Waals surface area contributed by atoms with Crippen LogP contribution in [0.2, 0.25) is 0 Å². The number of carbonyl (C=O) groups is 3. The monoisotopic (exact) mass is 565 g/mol. The summed E-state index contributed by atoms with van der Waals surface area (Å²) in [6.07, 6.45) is 0.330. The fourth-order valence-corrected chi connectivity index (χ4v) is 7.06. The van der Waals surface area contributed by atoms with E-state index in [1.807, 2.05) is 13.1 Å². The van der Waals surface area contributed by atoms with Gasteiger partial charge < -0.3 is 34.4 Å². The van der Waals surface area contributed by atoms with Crippen molar-refractivity contribution < 1.29 is 43.9 Å². The van der Waals surface area contributed by atoms with E-state index >= 15 is 0 Å². The predicted octanol–water partition coefficient (Wildman–Crippen LogP) is 3.24. The van der Waals surface area contributed by atoms with Crippen molar-refractivity contribution in [3.8, 4) is 11.5 Å². The van der Waals surface area contributed by atoms with E-state index in [1.54, 1.807) is 42.5 Å². The van der Waals surface area contributed by atoms with E-state index in [-0.39, 0.29) is 37.8 Å². The number of hydrogen-bond donors (Lipinski definition) is 3. The van der Waals surface area contributed by atoms with Crippen molar-refractivity contribution >= 4 is 17.9 Å². The van der Waals surface area contributed by atoms with Gasteiger partial charge >= 0.3 is 17.9 Å². The van der Waals surface area contributed by atoms with Crippen molar-refractivity contribution in [1.29, 1.82) is 0 Å². The molecule has 2 aromatic rings. The first-order chi connectivity index (χ1) is 19.1. The number of aromatic hydroxyl groups is 1. The minimum absolute atomic E-state index is 0. The molecule has 0 unspecified atom stereocenters. The van der Waals surface area contributed by atoms with Gasteiger partial charge in [0.05, 0.1) is 23.4 Å². The van der Waals surface area contributed by atoms with Crippen LogP contribution in [0, 0.1) is 5.92 Å². The number of esters is 2. The zero-order valence-corrected chi connectivity index (χ0v) is 22.2. The summed E-state index contributed by atoms with van der Waals surface area (Å²) in [5, 5.41) is 32.4. The molecule has 2 aromatic carbocycles. The number of carboxylic acids is 1. The molecule has 1 fully saturated rings. The highest BCUT2D eigenvalue weighted by atomic mass is 16.6. The number of carboxylic acid groups (broad SMARTS) is 1. The van der Waals surface area contributed by atoms with Gasteiger partial charge in [0.2, 0.25) is 6.10 Å². The van der Waals surface area contributed by atoms with Crippen molar-refractivity contribution in [1.82, 2.24) is 4.90 Å². The molecule has 2 aliphatic carbocycles. The van der Waals surface area contributed by atoms with E-state index in [1.165, 1.54) is 6.92 Å². The lowest BCUT2D eigenvalue weighted by Crippen LogP contribution is -2.74. The molecular formula is C31H35NO9. The Labute approximate surface area is 238 Å². The predicted molar refractivity (Wildman–Crippen MR) is 146 cm³/mol. The standard InChI is InChI=1S/C30H31NO9.CH4/c1-16(14-22(33)39-24(27(34)35)17-6-4-3-5-7-17)28(36)38-20-10-11-30(37)21-15-18-8-9-19(32)25-23(18)29(30,26(20)40-25)12-13-31(21)2;/h3-10,16,21,24,26,32,37H,11-15H2,1-2H3,(H,34,35);1H4/t16-,21+,24-,26-,29-,30+;/m0./s1. The maximum atomic E-state index is 13.2. The van der Waals surface area contributed by atoms with Crippen molar-refractivity contribution in [2.24, 2.45) is 5.92 Å². The quantitative estimate of drug-likeness (QED) is 0.428. The summed E-state index contributed by atoms with van der Waals surface area (Å²) in [6, 6.07) is 11.4. The highest BCUT2D eigenvalue weighted by Gasteiger charge is 2.72. The van der Waals surface area contributed by atoms with Crippen molar-refractivity contribution in [2.75, 3.05) is 13.6 Å². The van der Waals surface area contributed by atoms with E-state index in [9.17, 15) is 29.7 Å². The minimum atomic E-state index is -1.49. The molecule has 0 saturated carbocycles. The number of hydrogen-bond acceptors (Lipinski definition) is 9. The molecule has 3 N–H and O–H groups in total. The first kappa shape index (κ1) is 28.6. The third-order valence-electron chi connectivity index (χ3n) is 9.02. The maximum absolute atomic E-state index is 13.2. The van der Waals surface area contributed by atoms with Gasteiger partial charge in [-0.3, -0.25) is 9.59 Å². The van der Waals surface area contributed by atoms with Gasteiger partial charge in [-0.2, -0.15) is 0 Å². The minimum Gasteiger partial charge on any atom is -0.504 e. The van der Waals surface area contributed by atoms with Crippen LogP contribution < -0.4 is 4.74 Å². The van der Waals surface area contributed by atoms with Crippen LogP contribution in [0.25, 0.3) is 0 Å². The summed E-state index contributed by atoms with van der Waals surface area (Å²) in [5.41, 5.74) is -0.00862. The topological polar surface area (TPSA) is 143 Å². The molecule has 1 saturated heterocycles. The summed E-state index contributed by atoms with van der Waals surface area (Å²) in [5.74, 6) is -3.31. The zero-order valence-electron chi connectivity index (χ0n) is 22.2. The summed E-state index contributed by atoms with van der Waals surface area (Å²) in [4.78, 5) is 39.6. The zero-order chi connectivity index (χ0) is 28.4. The lowest BCUT2D eigenvalue weighted by molar-refractivity contribution is -0.172. The SMILES string of the molecule is C.C[C@@H](CC(=O)O[C@H](C(=O)O)c1ccccc1)C(=O)OC1=CC[C@@]2(O)[C@H]3Cc4ccc(O)c5c4[C@@]2(CCN3C)[C@H]1O5. The van der Waals surface area contributed by atoms with Crippen molar-refractivity contribution in [3.63, 3.8) is 0 Å². The Morgan fingerprint density at radius 1 is 1.17 bits per heavy atom. The molecule has 10 nitrogen and oxygen atoms in total. The molecular weight excluding hydrogens is 530 g/mol. The Bertz CT molecular complexity index is 1420. The number of aliphatic hydroxyl groups is 1. The lowest BCUT2D eigenvalue weighted by atomic mass is 9.50. The number of rotatable bonds is 7. The molecule has 2 aliphatic heterocycles. The second-order valence-corrected chi connectivity index (χ2v) is 11.2. The highest BCUT2D eigenvalue weighted by molar-refractivity contribution is 5.83. The van der Waals surface area contributed by atoms with E-state index in [0.717, 1.165) is 11.1 Å². The number of aliphatic carboxylic acids is 1. The number of likely N-dealkylation sites (tertiary alicyclic amines) is 1. The lowest BCUT2D eigenvalue weighted by Gasteiger charge is -2.61. The number of phenolic OH excluding ortho intramolecular Hbond substituents is 1. The molecule has 0 aromatic heterocycles. The van der Waals surface area contributed by atoms with E-state index in [0.29, 0.717) is 30.7 Å². The summed E-state index contributed by atoms with van der Waals surface area (Å²) < 4.78 is 17.3. The van der Waals surface area contributed by atoms with E-state index in [2.05, 4.69) is 4.90 Å². The molecule has 6 atom stereocenters. The molecule has 0 radical (unpaired) electrons. The van der Waals surface area contributed by atoms with Crippen LogP contribution in [-0.4, -0.2) is 69.5 Å². The van der Waals surface area contributed by atoms with Crippen LogP contribution >= 0.6 is 0 Å². The van der Waals surface area contributed by atoms with E-state index in [4.69, 9.17) is 14.2 Å². The molecule has 218 valence electrons. The number of likely N-dealkylation sites (N-methyl/N-ethyl adjacent to an activating group) is 1. The Kier molecular flexibility index (Phi) is 7.11. The molecule has 41 heavy (non-hydrogen) atoms. The molecule has 6 rings (SSSR count).